The molecule has 1 atom stereocenters. The minimum absolute atomic E-state index is 0.122. The first kappa shape index (κ1) is 14.4. The first-order valence-electron chi connectivity index (χ1n) is 7.06. The molecule has 3 rings (SSSR count). The van der Waals surface area contributed by atoms with Gasteiger partial charge in [0.1, 0.15) is 23.4 Å². The van der Waals surface area contributed by atoms with Gasteiger partial charge in [0, 0.05) is 12.7 Å². The second-order valence-corrected chi connectivity index (χ2v) is 5.09. The van der Waals surface area contributed by atoms with E-state index in [1.165, 1.54) is 0 Å². The predicted octanol–water partition coefficient (Wildman–Crippen LogP) is 0.976. The van der Waals surface area contributed by atoms with E-state index in [0.29, 0.717) is 37.0 Å². The maximum atomic E-state index is 12.5. The van der Waals surface area contributed by atoms with Crippen LogP contribution in [0, 0.1) is 6.92 Å². The molecular weight excluding hydrogens is 282 g/mol. The van der Waals surface area contributed by atoms with Crippen molar-refractivity contribution in [2.45, 2.75) is 13.0 Å². The molecule has 0 aromatic carbocycles. The SMILES string of the molecule is Cc1nccc(C(=O)N2CCO[C@H](c3cccc(N)n3)C2)n1. The van der Waals surface area contributed by atoms with Crippen LogP contribution in [0.3, 0.4) is 0 Å². The number of pyridine rings is 1. The highest BCUT2D eigenvalue weighted by molar-refractivity contribution is 5.92. The Morgan fingerprint density at radius 2 is 2.23 bits per heavy atom. The summed E-state index contributed by atoms with van der Waals surface area (Å²) in [6.07, 6.45) is 1.32. The van der Waals surface area contributed by atoms with Gasteiger partial charge in [-0.05, 0) is 25.1 Å². The van der Waals surface area contributed by atoms with Gasteiger partial charge in [0.2, 0.25) is 0 Å². The molecule has 1 aliphatic rings. The van der Waals surface area contributed by atoms with Crippen LogP contribution in [0.1, 0.15) is 28.1 Å². The van der Waals surface area contributed by atoms with E-state index in [9.17, 15) is 4.79 Å². The smallest absolute Gasteiger partial charge is 0.272 e. The van der Waals surface area contributed by atoms with Crippen LogP contribution in [0.25, 0.3) is 0 Å². The van der Waals surface area contributed by atoms with Crippen LogP contribution in [0.15, 0.2) is 30.5 Å². The van der Waals surface area contributed by atoms with Crippen LogP contribution >= 0.6 is 0 Å². The van der Waals surface area contributed by atoms with Gasteiger partial charge >= 0.3 is 0 Å². The van der Waals surface area contributed by atoms with E-state index in [2.05, 4.69) is 15.0 Å². The summed E-state index contributed by atoms with van der Waals surface area (Å²) in [5.74, 6) is 0.895. The second-order valence-electron chi connectivity index (χ2n) is 5.09. The molecule has 0 saturated carbocycles. The third-order valence-corrected chi connectivity index (χ3v) is 3.47. The van der Waals surface area contributed by atoms with Crippen molar-refractivity contribution >= 4 is 11.7 Å². The third kappa shape index (κ3) is 3.04. The summed E-state index contributed by atoms with van der Waals surface area (Å²) in [7, 11) is 0. The summed E-state index contributed by atoms with van der Waals surface area (Å²) in [5, 5.41) is 0. The Morgan fingerprint density at radius 3 is 3.00 bits per heavy atom. The number of carbonyl (C=O) groups excluding carboxylic acids is 1. The second kappa shape index (κ2) is 6.07. The number of ether oxygens (including phenoxy) is 1. The van der Waals surface area contributed by atoms with Crippen molar-refractivity contribution in [1.29, 1.82) is 0 Å². The monoisotopic (exact) mass is 299 g/mol. The lowest BCUT2D eigenvalue weighted by Crippen LogP contribution is -2.42. The Balaban J connectivity index is 1.77. The van der Waals surface area contributed by atoms with Gasteiger partial charge in [-0.15, -0.1) is 0 Å². The minimum atomic E-state index is -0.274. The first-order chi connectivity index (χ1) is 10.6. The van der Waals surface area contributed by atoms with Gasteiger partial charge in [-0.2, -0.15) is 0 Å². The summed E-state index contributed by atoms with van der Waals surface area (Å²) >= 11 is 0. The number of rotatable bonds is 2. The van der Waals surface area contributed by atoms with Crippen molar-refractivity contribution in [1.82, 2.24) is 19.9 Å². The number of anilines is 1. The van der Waals surface area contributed by atoms with Gasteiger partial charge in [-0.1, -0.05) is 6.07 Å². The predicted molar refractivity (Wildman–Crippen MR) is 80.0 cm³/mol. The normalized spacial score (nSPS) is 18.2. The fourth-order valence-electron chi connectivity index (χ4n) is 2.40. The highest BCUT2D eigenvalue weighted by Gasteiger charge is 2.27. The molecule has 22 heavy (non-hydrogen) atoms. The van der Waals surface area contributed by atoms with Crippen molar-refractivity contribution in [2.24, 2.45) is 0 Å². The lowest BCUT2D eigenvalue weighted by atomic mass is 10.1. The summed E-state index contributed by atoms with van der Waals surface area (Å²) in [6.45, 7) is 3.17. The van der Waals surface area contributed by atoms with Crippen molar-refractivity contribution in [3.8, 4) is 0 Å². The molecule has 114 valence electrons. The van der Waals surface area contributed by atoms with Gasteiger partial charge < -0.3 is 15.4 Å². The maximum Gasteiger partial charge on any atom is 0.272 e. The number of nitrogens with zero attached hydrogens (tertiary/aromatic N) is 4. The fourth-order valence-corrected chi connectivity index (χ4v) is 2.40. The molecule has 0 unspecified atom stereocenters. The van der Waals surface area contributed by atoms with E-state index >= 15 is 0 Å². The van der Waals surface area contributed by atoms with Crippen LogP contribution in [0.2, 0.25) is 0 Å². The van der Waals surface area contributed by atoms with Crippen molar-refractivity contribution in [2.75, 3.05) is 25.4 Å². The third-order valence-electron chi connectivity index (χ3n) is 3.47. The molecule has 1 fully saturated rings. The van der Waals surface area contributed by atoms with E-state index in [1.807, 2.05) is 12.1 Å². The van der Waals surface area contributed by atoms with Crippen LogP contribution in [-0.4, -0.2) is 45.5 Å². The van der Waals surface area contributed by atoms with Gasteiger partial charge in [0.25, 0.3) is 5.91 Å². The molecule has 3 heterocycles. The Hall–Kier alpha value is -2.54. The molecule has 1 aliphatic heterocycles. The van der Waals surface area contributed by atoms with E-state index in [1.54, 1.807) is 30.2 Å². The number of hydrogen-bond donors (Lipinski definition) is 1. The van der Waals surface area contributed by atoms with Crippen molar-refractivity contribution in [3.63, 3.8) is 0 Å². The zero-order valence-corrected chi connectivity index (χ0v) is 12.3. The Morgan fingerprint density at radius 1 is 1.36 bits per heavy atom. The quantitative estimate of drug-likeness (QED) is 0.888. The van der Waals surface area contributed by atoms with Crippen LogP contribution in [0.4, 0.5) is 5.82 Å². The van der Waals surface area contributed by atoms with Crippen molar-refractivity contribution < 1.29 is 9.53 Å². The molecule has 0 bridgehead atoms. The minimum Gasteiger partial charge on any atom is -0.384 e. The van der Waals surface area contributed by atoms with Gasteiger partial charge in [-0.25, -0.2) is 15.0 Å². The number of aryl methyl sites for hydroxylation is 1. The van der Waals surface area contributed by atoms with Gasteiger partial charge in [-0.3, -0.25) is 4.79 Å². The highest BCUT2D eigenvalue weighted by atomic mass is 16.5. The summed E-state index contributed by atoms with van der Waals surface area (Å²) < 4.78 is 5.71. The Labute approximate surface area is 128 Å². The Kier molecular flexibility index (Phi) is 3.97. The molecule has 0 spiro atoms. The topological polar surface area (TPSA) is 94.2 Å². The van der Waals surface area contributed by atoms with Gasteiger partial charge in [0.15, 0.2) is 0 Å². The van der Waals surface area contributed by atoms with Crippen LogP contribution in [-0.2, 0) is 4.74 Å². The van der Waals surface area contributed by atoms with Crippen LogP contribution < -0.4 is 5.73 Å². The average Bonchev–Trinajstić information content (AvgIpc) is 2.54. The van der Waals surface area contributed by atoms with E-state index in [-0.39, 0.29) is 12.0 Å². The molecule has 7 nitrogen and oxygen atoms in total. The molecule has 0 radical (unpaired) electrons. The highest BCUT2D eigenvalue weighted by Crippen LogP contribution is 2.22. The first-order valence-corrected chi connectivity index (χ1v) is 7.06. The number of nitrogens with two attached hydrogens (primary N) is 1. The standard InChI is InChI=1S/C15H17N5O2/c1-10-17-6-5-12(18-10)15(21)20-7-8-22-13(9-20)11-3-2-4-14(16)19-11/h2-6,13H,7-9H2,1H3,(H2,16,19)/t13-/m0/s1. The molecule has 2 aromatic heterocycles. The summed E-state index contributed by atoms with van der Waals surface area (Å²) in [6, 6.07) is 7.02. The molecule has 2 aromatic rings. The molecule has 7 heteroatoms. The maximum absolute atomic E-state index is 12.5. The number of aromatic nitrogens is 3. The number of morpholine rings is 1. The average molecular weight is 299 g/mol. The summed E-state index contributed by atoms with van der Waals surface area (Å²) in [4.78, 5) is 26.7. The number of nitrogen functional groups attached to an aromatic ring is 1. The number of hydrogen-bond acceptors (Lipinski definition) is 6. The molecule has 1 amide bonds. The van der Waals surface area contributed by atoms with E-state index < -0.39 is 0 Å². The fraction of sp³-hybridized carbons (Fsp3) is 0.333. The van der Waals surface area contributed by atoms with E-state index in [4.69, 9.17) is 10.5 Å². The number of carbonyl (C=O) groups is 1. The zero-order valence-electron chi connectivity index (χ0n) is 12.3. The lowest BCUT2D eigenvalue weighted by molar-refractivity contribution is -0.0248. The summed E-state index contributed by atoms with van der Waals surface area (Å²) in [5.41, 5.74) is 6.83. The lowest BCUT2D eigenvalue weighted by Gasteiger charge is -2.32. The molecular formula is C15H17N5O2. The van der Waals surface area contributed by atoms with Crippen LogP contribution in [0.5, 0.6) is 0 Å². The van der Waals surface area contributed by atoms with Crippen molar-refractivity contribution in [3.05, 3.63) is 47.7 Å². The zero-order chi connectivity index (χ0) is 15.5. The van der Waals surface area contributed by atoms with E-state index in [0.717, 1.165) is 5.69 Å². The number of amides is 1. The Bertz CT molecular complexity index is 691. The largest absolute Gasteiger partial charge is 0.384 e. The molecule has 1 saturated heterocycles. The molecule has 0 aliphatic carbocycles. The molecule has 2 N–H and O–H groups in total. The van der Waals surface area contributed by atoms with Gasteiger partial charge in [0.05, 0.1) is 18.8 Å².